The number of amides is 6. The van der Waals surface area contributed by atoms with E-state index in [4.69, 9.17) is 26.7 Å². The fourth-order valence-electron chi connectivity index (χ4n) is 5.52. The molecule has 17 heteroatoms. The smallest absolute Gasteiger partial charge is 0.248 e. The highest BCUT2D eigenvalue weighted by Gasteiger charge is 2.36. The number of carbonyl (C=O) groups excluding carboxylic acids is 7. The third kappa shape index (κ3) is 10.7. The second kappa shape index (κ2) is 18.6. The number of hydrogen-bond acceptors (Lipinski definition) is 11. The topological polar surface area (TPSA) is 267 Å². The van der Waals surface area contributed by atoms with Crippen LogP contribution in [0.15, 0.2) is 36.4 Å². The summed E-state index contributed by atoms with van der Waals surface area (Å²) in [5.41, 5.74) is 18.6. The van der Waals surface area contributed by atoms with E-state index >= 15 is 0 Å². The molecule has 10 N–H and O–H groups in total. The molecular formula is C35H48N8O9. The van der Waals surface area contributed by atoms with E-state index in [0.29, 0.717) is 28.2 Å². The van der Waals surface area contributed by atoms with E-state index in [2.05, 4.69) is 21.3 Å². The monoisotopic (exact) mass is 724 g/mol. The molecule has 5 unspecified atom stereocenters. The molecule has 3 rings (SSSR count). The van der Waals surface area contributed by atoms with Gasteiger partial charge in [0.15, 0.2) is 5.78 Å². The summed E-state index contributed by atoms with van der Waals surface area (Å²) in [7, 11) is 1.31. The van der Waals surface area contributed by atoms with Crippen LogP contribution in [0.2, 0.25) is 0 Å². The van der Waals surface area contributed by atoms with E-state index in [-0.39, 0.29) is 44.1 Å². The van der Waals surface area contributed by atoms with E-state index in [1.165, 1.54) is 27.8 Å². The summed E-state index contributed by atoms with van der Waals surface area (Å²) in [4.78, 5) is 91.9. The summed E-state index contributed by atoms with van der Waals surface area (Å²) < 4.78 is 12.0. The molecule has 52 heavy (non-hydrogen) atoms. The first-order chi connectivity index (χ1) is 24.6. The fraction of sp³-hybridized carbons (Fsp3) is 0.457. The molecule has 2 aromatic rings. The van der Waals surface area contributed by atoms with Crippen LogP contribution in [0, 0.1) is 0 Å². The molecule has 0 saturated carbocycles. The van der Waals surface area contributed by atoms with Crippen molar-refractivity contribution in [3.63, 3.8) is 0 Å². The van der Waals surface area contributed by atoms with E-state index in [0.717, 1.165) is 11.8 Å². The molecule has 0 fully saturated rings. The minimum absolute atomic E-state index is 0.0179. The highest BCUT2D eigenvalue weighted by molar-refractivity contribution is 5.98. The highest BCUT2D eigenvalue weighted by Crippen LogP contribution is 2.40. The zero-order valence-electron chi connectivity index (χ0n) is 29.9. The van der Waals surface area contributed by atoms with Crippen molar-refractivity contribution in [3.8, 4) is 22.6 Å². The Labute approximate surface area is 301 Å². The number of primary amides is 1. The van der Waals surface area contributed by atoms with Gasteiger partial charge in [0.25, 0.3) is 0 Å². The molecule has 1 aliphatic heterocycles. The van der Waals surface area contributed by atoms with Gasteiger partial charge in [-0.2, -0.15) is 0 Å². The van der Waals surface area contributed by atoms with E-state index in [9.17, 15) is 33.6 Å². The van der Waals surface area contributed by atoms with Crippen molar-refractivity contribution in [2.45, 2.75) is 70.7 Å². The minimum atomic E-state index is -1.44. The minimum Gasteiger partial charge on any atom is -0.492 e. The van der Waals surface area contributed by atoms with Gasteiger partial charge in [0.1, 0.15) is 48.9 Å². The second-order valence-corrected chi connectivity index (χ2v) is 12.5. The molecule has 2 aromatic carbocycles. The highest BCUT2D eigenvalue weighted by atomic mass is 16.5. The number of benzene rings is 2. The molecule has 4 bridgehead atoms. The lowest BCUT2D eigenvalue weighted by atomic mass is 9.93. The summed E-state index contributed by atoms with van der Waals surface area (Å²) in [5, 5.41) is 10.3. The van der Waals surface area contributed by atoms with Crippen molar-refractivity contribution in [1.29, 1.82) is 0 Å². The third-order valence-corrected chi connectivity index (χ3v) is 8.26. The Bertz CT molecular complexity index is 1670. The lowest BCUT2D eigenvalue weighted by Gasteiger charge is -2.32. The van der Waals surface area contributed by atoms with Crippen LogP contribution in [-0.4, -0.2) is 104 Å². The fourth-order valence-corrected chi connectivity index (χ4v) is 5.52. The maximum atomic E-state index is 14.2. The zero-order valence-corrected chi connectivity index (χ0v) is 29.9. The predicted molar refractivity (Wildman–Crippen MR) is 189 cm³/mol. The van der Waals surface area contributed by atoms with Crippen LogP contribution in [0.25, 0.3) is 11.1 Å². The van der Waals surface area contributed by atoms with Crippen molar-refractivity contribution < 1.29 is 43.0 Å². The third-order valence-electron chi connectivity index (χ3n) is 8.26. The molecule has 0 aliphatic carbocycles. The Morgan fingerprint density at radius 2 is 1.50 bits per heavy atom. The number of ether oxygens (including phenoxy) is 2. The summed E-state index contributed by atoms with van der Waals surface area (Å²) in [6.07, 6.45) is -0.566. The lowest BCUT2D eigenvalue weighted by Crippen LogP contribution is -2.56. The van der Waals surface area contributed by atoms with E-state index in [1.807, 2.05) is 0 Å². The van der Waals surface area contributed by atoms with Crippen LogP contribution in [0.4, 0.5) is 0 Å². The summed E-state index contributed by atoms with van der Waals surface area (Å²) in [6, 6.07) is 3.79. The van der Waals surface area contributed by atoms with Gasteiger partial charge in [0, 0.05) is 44.6 Å². The van der Waals surface area contributed by atoms with Crippen LogP contribution in [0.5, 0.6) is 11.5 Å². The molecule has 0 saturated heterocycles. The number of nitrogens with zero attached hydrogens (tertiary/aromatic N) is 1. The van der Waals surface area contributed by atoms with Crippen LogP contribution < -0.4 is 47.9 Å². The van der Waals surface area contributed by atoms with Crippen LogP contribution >= 0.6 is 0 Å². The van der Waals surface area contributed by atoms with Crippen molar-refractivity contribution in [1.82, 2.24) is 26.2 Å². The number of likely N-dealkylation sites (N-methyl/N-ethyl adjacent to an activating group) is 1. The largest absolute Gasteiger partial charge is 0.492 e. The number of carbonyl (C=O) groups is 7. The van der Waals surface area contributed by atoms with Gasteiger partial charge in [0.2, 0.25) is 35.4 Å². The first-order valence-corrected chi connectivity index (χ1v) is 16.7. The van der Waals surface area contributed by atoms with Gasteiger partial charge in [0.05, 0.1) is 12.5 Å². The summed E-state index contributed by atoms with van der Waals surface area (Å²) >= 11 is 0. The van der Waals surface area contributed by atoms with Crippen LogP contribution in [-0.2, 0) is 40.0 Å². The Balaban J connectivity index is 2.32. The van der Waals surface area contributed by atoms with E-state index < -0.39 is 72.1 Å². The quantitative estimate of drug-likeness (QED) is 0.118. The van der Waals surface area contributed by atoms with Crippen LogP contribution in [0.3, 0.4) is 0 Å². The number of rotatable bonds is 14. The molecule has 17 nitrogen and oxygen atoms in total. The number of nitrogens with one attached hydrogen (secondary N) is 4. The Morgan fingerprint density at radius 3 is 2.06 bits per heavy atom. The molecular weight excluding hydrogens is 676 g/mol. The number of hydrogen-bond donors (Lipinski definition) is 7. The van der Waals surface area contributed by atoms with Crippen molar-refractivity contribution in [2.75, 3.05) is 33.4 Å². The molecule has 6 amide bonds. The number of Topliss-reactive ketones (excluding diaryl/α,β-unsaturated/α-hetero) is 1. The van der Waals surface area contributed by atoms with Gasteiger partial charge in [-0.25, -0.2) is 0 Å². The first kappa shape index (κ1) is 40.9. The maximum Gasteiger partial charge on any atom is 0.248 e. The van der Waals surface area contributed by atoms with Gasteiger partial charge in [-0.05, 0) is 56.2 Å². The Morgan fingerprint density at radius 1 is 0.904 bits per heavy atom. The molecule has 282 valence electrons. The van der Waals surface area contributed by atoms with Crippen molar-refractivity contribution in [2.24, 2.45) is 17.2 Å². The first-order valence-electron chi connectivity index (χ1n) is 16.7. The average Bonchev–Trinajstić information content (AvgIpc) is 3.08. The van der Waals surface area contributed by atoms with Crippen LogP contribution in [0.1, 0.15) is 51.3 Å². The maximum absolute atomic E-state index is 14.2. The van der Waals surface area contributed by atoms with Gasteiger partial charge >= 0.3 is 0 Å². The van der Waals surface area contributed by atoms with Gasteiger partial charge in [-0.15, -0.1) is 0 Å². The molecule has 1 aliphatic rings. The van der Waals surface area contributed by atoms with Gasteiger partial charge in [-0.1, -0.05) is 12.1 Å². The molecule has 1 heterocycles. The normalized spacial score (nSPS) is 18.3. The molecule has 0 radical (unpaired) electrons. The average molecular weight is 725 g/mol. The SMILES string of the molecule is CC(=O)NC(CC(N)=O)C(=O)N(C)C1C(=O)NC(C)C(=O)NC(C(=O)NC(C)C(C)=O)Cc2ccc(OCCN)c(c2)-c2cc1ccc2OCCN. The summed E-state index contributed by atoms with van der Waals surface area (Å²) in [6.45, 7) is 6.03. The standard InChI is InChI=1S/C35H48N8O9/c1-18(20(3)44)39-33(48)26-15-22-6-8-28(51-12-10-36)24(14-22)25-16-23(7-9-29(25)52-13-11-37)31(34(49)40-19(2)32(47)42-26)43(5)35(50)27(17-30(38)46)41-21(4)45/h6-9,14,16,18-19,26-27,31H,10-13,15,17,36-37H2,1-5H3,(H2,38,46)(H,39,48)(H,40,49)(H,41,45)(H,42,47). The molecule has 0 spiro atoms. The Kier molecular flexibility index (Phi) is 14.6. The predicted octanol–water partition coefficient (Wildman–Crippen LogP) is -1.45. The number of nitrogens with two attached hydrogens (primary N) is 3. The molecule has 5 atom stereocenters. The summed E-state index contributed by atoms with van der Waals surface area (Å²) in [5.74, 6) is -4.05. The zero-order chi connectivity index (χ0) is 38.7. The number of ketones is 1. The molecule has 0 aromatic heterocycles. The lowest BCUT2D eigenvalue weighted by molar-refractivity contribution is -0.143. The van der Waals surface area contributed by atoms with E-state index in [1.54, 1.807) is 36.4 Å². The van der Waals surface area contributed by atoms with Crippen molar-refractivity contribution >= 4 is 41.2 Å². The second-order valence-electron chi connectivity index (χ2n) is 12.5. The van der Waals surface area contributed by atoms with Gasteiger partial charge in [-0.3, -0.25) is 33.6 Å². The van der Waals surface area contributed by atoms with Gasteiger partial charge < -0.3 is 52.8 Å². The Hall–Kier alpha value is -5.55. The number of fused-ring (bicyclic) bond motifs is 5. The van der Waals surface area contributed by atoms with Crippen molar-refractivity contribution in [3.05, 3.63) is 47.5 Å².